The highest BCUT2D eigenvalue weighted by molar-refractivity contribution is 8.01. The number of hydrogen-bond donors (Lipinski definition) is 3. The lowest BCUT2D eigenvalue weighted by molar-refractivity contribution is 0.0725. The highest BCUT2D eigenvalue weighted by Crippen LogP contribution is 2.53. The maximum absolute atomic E-state index is 13.3. The molecule has 46 heavy (non-hydrogen) atoms. The Bertz CT molecular complexity index is 1940. The van der Waals surface area contributed by atoms with Crippen molar-refractivity contribution in [2.24, 2.45) is 0 Å². The van der Waals surface area contributed by atoms with E-state index in [1.165, 1.54) is 36.4 Å². The lowest BCUT2D eigenvalue weighted by atomic mass is 10.2. The van der Waals surface area contributed by atoms with Crippen molar-refractivity contribution in [2.75, 3.05) is 0 Å². The molecule has 0 atom stereocenters. The second-order valence-corrected chi connectivity index (χ2v) is 14.0. The average molecular weight is 685 g/mol. The third kappa shape index (κ3) is 6.38. The Balaban J connectivity index is 1.60. The molecule has 0 fully saturated rings. The minimum Gasteiger partial charge on any atom is -0.506 e. The maximum atomic E-state index is 13.3. The van der Waals surface area contributed by atoms with E-state index in [0.717, 1.165) is 47.0 Å². The molecular formula is C34H20O8S4. The Morgan fingerprint density at radius 2 is 0.848 bits per heavy atom. The van der Waals surface area contributed by atoms with Gasteiger partial charge in [-0.2, -0.15) is 0 Å². The Morgan fingerprint density at radius 1 is 0.500 bits per heavy atom. The number of aldehydes is 3. The summed E-state index contributed by atoms with van der Waals surface area (Å²) >= 11 is 3.95. The fourth-order valence-corrected chi connectivity index (χ4v) is 8.83. The van der Waals surface area contributed by atoms with E-state index in [-0.39, 0.29) is 69.1 Å². The summed E-state index contributed by atoms with van der Waals surface area (Å²) in [6.07, 6.45) is 1.84. The monoisotopic (exact) mass is 684 g/mol. The highest BCUT2D eigenvalue weighted by atomic mass is 32.2. The van der Waals surface area contributed by atoms with Crippen molar-refractivity contribution in [1.29, 1.82) is 0 Å². The Kier molecular flexibility index (Phi) is 9.13. The van der Waals surface area contributed by atoms with E-state index in [1.807, 2.05) is 0 Å². The van der Waals surface area contributed by atoms with Gasteiger partial charge in [0, 0.05) is 16.7 Å². The van der Waals surface area contributed by atoms with Gasteiger partial charge in [0.25, 0.3) is 0 Å². The van der Waals surface area contributed by atoms with Crippen molar-refractivity contribution in [3.63, 3.8) is 0 Å². The molecule has 12 heteroatoms. The van der Waals surface area contributed by atoms with E-state index in [2.05, 4.69) is 0 Å². The topological polar surface area (TPSA) is 138 Å². The predicted octanol–water partition coefficient (Wildman–Crippen LogP) is 8.38. The van der Waals surface area contributed by atoms with Gasteiger partial charge in [-0.3, -0.25) is 14.4 Å². The van der Waals surface area contributed by atoms with Crippen LogP contribution in [0.1, 0.15) is 41.4 Å². The molecule has 3 N–H and O–H groups in total. The molecule has 0 saturated heterocycles. The zero-order valence-electron chi connectivity index (χ0n) is 23.3. The number of hydrogen-bond acceptors (Lipinski definition) is 12. The van der Waals surface area contributed by atoms with Crippen LogP contribution in [0.25, 0.3) is 0 Å². The molecule has 5 aromatic carbocycles. The number of aromatic hydroxyl groups is 3. The summed E-state index contributed by atoms with van der Waals surface area (Å²) in [5.74, 6) is -1.14. The molecule has 0 saturated carbocycles. The summed E-state index contributed by atoms with van der Waals surface area (Å²) in [5, 5.41) is 34.1. The molecule has 1 aliphatic heterocycles. The Labute approximate surface area is 279 Å². The summed E-state index contributed by atoms with van der Waals surface area (Å²) < 4.78 is 5.96. The van der Waals surface area contributed by atoms with E-state index in [4.69, 9.17) is 4.74 Å². The lowest BCUT2D eigenvalue weighted by Crippen LogP contribution is -2.09. The second-order valence-electron chi connectivity index (χ2n) is 9.70. The molecule has 0 aliphatic carbocycles. The van der Waals surface area contributed by atoms with E-state index in [9.17, 15) is 34.5 Å². The summed E-state index contributed by atoms with van der Waals surface area (Å²) in [4.78, 5) is 51.3. The van der Waals surface area contributed by atoms with Crippen LogP contribution in [0.15, 0.2) is 124 Å². The number of carbonyl (C=O) groups excluding carboxylic acids is 4. The van der Waals surface area contributed by atoms with E-state index < -0.39 is 5.97 Å². The van der Waals surface area contributed by atoms with Crippen LogP contribution in [0.5, 0.6) is 23.0 Å². The zero-order valence-corrected chi connectivity index (χ0v) is 26.6. The molecule has 0 spiro atoms. The number of benzene rings is 5. The SMILES string of the molecule is O=Cc1cc2c(O)c(c1)Sc1cc(C=O)cc(c1O)Sc1cccc(c1OC(=O)c1ccccc1)Sc1cc(C=O)cc(c1O)S2. The number of esters is 1. The van der Waals surface area contributed by atoms with Crippen molar-refractivity contribution in [1.82, 2.24) is 0 Å². The molecule has 8 nitrogen and oxygen atoms in total. The first kappa shape index (κ1) is 31.4. The van der Waals surface area contributed by atoms with Crippen LogP contribution in [0.3, 0.4) is 0 Å². The van der Waals surface area contributed by atoms with Gasteiger partial charge < -0.3 is 20.1 Å². The predicted molar refractivity (Wildman–Crippen MR) is 175 cm³/mol. The van der Waals surface area contributed by atoms with Gasteiger partial charge in [0.1, 0.15) is 36.1 Å². The van der Waals surface area contributed by atoms with Crippen LogP contribution in [0.4, 0.5) is 0 Å². The summed E-state index contributed by atoms with van der Waals surface area (Å²) in [6.45, 7) is 0. The number of phenolic OH excluding ortho intramolecular Hbond substituents is 3. The smallest absolute Gasteiger partial charge is 0.343 e. The molecular weight excluding hydrogens is 665 g/mol. The van der Waals surface area contributed by atoms with Gasteiger partial charge in [0.05, 0.1) is 44.7 Å². The molecule has 1 aliphatic rings. The lowest BCUT2D eigenvalue weighted by Gasteiger charge is -2.18. The van der Waals surface area contributed by atoms with Crippen molar-refractivity contribution < 1.29 is 39.2 Å². The first-order valence-corrected chi connectivity index (χ1v) is 16.6. The van der Waals surface area contributed by atoms with E-state index in [0.29, 0.717) is 34.2 Å². The number of phenols is 3. The largest absolute Gasteiger partial charge is 0.506 e. The third-order valence-electron chi connectivity index (χ3n) is 6.62. The van der Waals surface area contributed by atoms with Crippen molar-refractivity contribution >= 4 is 71.9 Å². The van der Waals surface area contributed by atoms with Gasteiger partial charge in [0.2, 0.25) is 0 Å². The molecule has 0 unspecified atom stereocenters. The number of rotatable bonds is 5. The molecule has 228 valence electrons. The van der Waals surface area contributed by atoms with E-state index >= 15 is 0 Å². The minimum atomic E-state index is -0.644. The first-order chi connectivity index (χ1) is 22.3. The zero-order chi connectivity index (χ0) is 32.4. The van der Waals surface area contributed by atoms with Crippen LogP contribution >= 0.6 is 47.0 Å². The number of ether oxygens (including phenoxy) is 1. The van der Waals surface area contributed by atoms with E-state index in [1.54, 1.807) is 48.5 Å². The van der Waals surface area contributed by atoms with Crippen LogP contribution < -0.4 is 4.74 Å². The molecule has 8 bridgehead atoms. The van der Waals surface area contributed by atoms with Gasteiger partial charge in [-0.1, -0.05) is 71.3 Å². The Hall–Kier alpha value is -4.62. The summed E-state index contributed by atoms with van der Waals surface area (Å²) in [7, 11) is 0. The van der Waals surface area contributed by atoms with Crippen molar-refractivity contribution in [3.05, 3.63) is 107 Å². The fraction of sp³-hybridized carbons (Fsp3) is 0. The normalized spacial score (nSPS) is 12.2. The van der Waals surface area contributed by atoms with Crippen molar-refractivity contribution in [3.8, 4) is 23.0 Å². The van der Waals surface area contributed by atoms with Gasteiger partial charge in [0.15, 0.2) is 5.75 Å². The van der Waals surface area contributed by atoms with Gasteiger partial charge in [-0.05, 0) is 60.7 Å². The third-order valence-corrected chi connectivity index (χ3v) is 10.9. The van der Waals surface area contributed by atoms with Gasteiger partial charge in [-0.15, -0.1) is 0 Å². The highest BCUT2D eigenvalue weighted by Gasteiger charge is 2.24. The summed E-state index contributed by atoms with van der Waals surface area (Å²) in [5.41, 5.74) is 0.980. The van der Waals surface area contributed by atoms with Crippen LogP contribution in [0.2, 0.25) is 0 Å². The fourth-order valence-electron chi connectivity index (χ4n) is 4.44. The van der Waals surface area contributed by atoms with Crippen LogP contribution in [-0.2, 0) is 0 Å². The maximum Gasteiger partial charge on any atom is 0.343 e. The number of fused-ring (bicyclic) bond motifs is 8. The second kappa shape index (κ2) is 13.4. The number of para-hydroxylation sites is 1. The summed E-state index contributed by atoms with van der Waals surface area (Å²) in [6, 6.07) is 22.2. The van der Waals surface area contributed by atoms with Crippen LogP contribution in [-0.4, -0.2) is 40.1 Å². The molecule has 0 amide bonds. The van der Waals surface area contributed by atoms with Crippen molar-refractivity contribution in [2.45, 2.75) is 39.2 Å². The quantitative estimate of drug-likeness (QED) is 0.0913. The van der Waals surface area contributed by atoms with Crippen LogP contribution in [0, 0.1) is 0 Å². The molecule has 1 heterocycles. The first-order valence-electron chi connectivity index (χ1n) is 13.4. The molecule has 6 rings (SSSR count). The molecule has 0 radical (unpaired) electrons. The average Bonchev–Trinajstić information content (AvgIpc) is 3.07. The standard InChI is InChI=1S/C34H20O8S4/c35-15-18-9-24-30(38)26(11-18)45-28-13-20(17-37)14-29(32(28)40)46-27-12-19(16-36)10-25(31(27)39)44-23-8-4-7-22(43-24)33(23)42-34(41)21-5-2-1-3-6-21/h1-17,38-40H. The molecule has 5 aromatic rings. The molecule has 0 aromatic heterocycles. The van der Waals surface area contributed by atoms with Gasteiger partial charge in [-0.25, -0.2) is 4.79 Å². The minimum absolute atomic E-state index is 0.132. The van der Waals surface area contributed by atoms with Gasteiger partial charge >= 0.3 is 5.97 Å². The Morgan fingerprint density at radius 3 is 1.20 bits per heavy atom. The number of carbonyl (C=O) groups is 4.